The molecule has 0 bridgehead atoms. The third-order valence-electron chi connectivity index (χ3n) is 4.70. The fourth-order valence-electron chi connectivity index (χ4n) is 3.55. The van der Waals surface area contributed by atoms with Crippen molar-refractivity contribution in [2.45, 2.75) is 31.0 Å². The number of rotatable bonds is 1. The van der Waals surface area contributed by atoms with E-state index >= 15 is 0 Å². The third-order valence-corrected chi connectivity index (χ3v) is 5.09. The lowest BCUT2D eigenvalue weighted by atomic mass is 9.74. The molecule has 0 fully saturated rings. The van der Waals surface area contributed by atoms with Crippen molar-refractivity contribution in [3.8, 4) is 12.1 Å². The average Bonchev–Trinajstić information content (AvgIpc) is 2.60. The fraction of sp³-hybridized carbons (Fsp3) is 0.263. The summed E-state index contributed by atoms with van der Waals surface area (Å²) < 4.78 is 53.0. The highest BCUT2D eigenvalue weighted by atomic mass is 35.5. The first-order valence-corrected chi connectivity index (χ1v) is 8.28. The largest absolute Gasteiger partial charge is 0.417 e. The van der Waals surface area contributed by atoms with Crippen LogP contribution < -0.4 is 0 Å². The van der Waals surface area contributed by atoms with E-state index in [1.54, 1.807) is 6.07 Å². The molecule has 0 radical (unpaired) electrons. The van der Waals surface area contributed by atoms with Crippen LogP contribution in [0.4, 0.5) is 17.6 Å². The second kappa shape index (κ2) is 6.84. The van der Waals surface area contributed by atoms with E-state index in [0.29, 0.717) is 5.56 Å². The molecule has 0 amide bonds. The van der Waals surface area contributed by atoms with E-state index in [0.717, 1.165) is 24.3 Å². The molecule has 0 saturated carbocycles. The van der Waals surface area contributed by atoms with Gasteiger partial charge in [0.05, 0.1) is 33.9 Å². The molecular formula is C19H11ClF4N2O. The summed E-state index contributed by atoms with van der Waals surface area (Å²) in [7, 11) is 0. The molecule has 27 heavy (non-hydrogen) atoms. The van der Waals surface area contributed by atoms with Crippen molar-refractivity contribution in [2.75, 3.05) is 0 Å². The van der Waals surface area contributed by atoms with E-state index in [4.69, 9.17) is 11.6 Å². The SMILES string of the molecule is N#Cc1cc(F)cc2c1[C@@H](c1ccc(C(F)(F)F)c(Cl)c1C#N)CC[C@@H]2O. The molecule has 0 heterocycles. The lowest BCUT2D eigenvalue weighted by Gasteiger charge is -2.31. The maximum absolute atomic E-state index is 13.8. The topological polar surface area (TPSA) is 67.8 Å². The number of hydrogen-bond donors (Lipinski definition) is 1. The van der Waals surface area contributed by atoms with Gasteiger partial charge in [-0.15, -0.1) is 0 Å². The Hall–Kier alpha value is -2.61. The summed E-state index contributed by atoms with van der Waals surface area (Å²) in [5.41, 5.74) is -0.778. The first kappa shape index (κ1) is 19.2. The van der Waals surface area contributed by atoms with Crippen molar-refractivity contribution in [2.24, 2.45) is 0 Å². The minimum absolute atomic E-state index is 0.0336. The lowest BCUT2D eigenvalue weighted by Crippen LogP contribution is -2.19. The van der Waals surface area contributed by atoms with E-state index in [-0.39, 0.29) is 35.1 Å². The molecule has 1 aliphatic rings. The molecule has 1 aliphatic carbocycles. The van der Waals surface area contributed by atoms with Gasteiger partial charge < -0.3 is 5.11 Å². The summed E-state index contributed by atoms with van der Waals surface area (Å²) in [5.74, 6) is -1.36. The van der Waals surface area contributed by atoms with Crippen LogP contribution in [0.1, 0.15) is 58.2 Å². The van der Waals surface area contributed by atoms with Crippen LogP contribution in [0.25, 0.3) is 0 Å². The highest BCUT2D eigenvalue weighted by Gasteiger charge is 2.37. The average molecular weight is 395 g/mol. The number of aliphatic hydroxyl groups excluding tert-OH is 1. The zero-order chi connectivity index (χ0) is 19.9. The van der Waals surface area contributed by atoms with Crippen molar-refractivity contribution in [1.29, 1.82) is 10.5 Å². The van der Waals surface area contributed by atoms with Crippen LogP contribution in [0.5, 0.6) is 0 Å². The summed E-state index contributed by atoms with van der Waals surface area (Å²) in [4.78, 5) is 0. The molecule has 8 heteroatoms. The van der Waals surface area contributed by atoms with Crippen molar-refractivity contribution < 1.29 is 22.7 Å². The van der Waals surface area contributed by atoms with Crippen LogP contribution in [-0.4, -0.2) is 5.11 Å². The standard InChI is InChI=1S/C19H11ClF4N2O/c20-18-14(8-26)11(1-3-15(18)19(22,23)24)12-2-4-16(27)13-6-10(21)5-9(7-25)17(12)13/h1,3,5-6,12,16,27H,2,4H2/t12-,16+/m1/s1. The van der Waals surface area contributed by atoms with Gasteiger partial charge in [-0.25, -0.2) is 4.39 Å². The number of halogens is 5. The highest BCUT2D eigenvalue weighted by Crippen LogP contribution is 2.46. The van der Waals surface area contributed by atoms with Gasteiger partial charge in [0, 0.05) is 5.92 Å². The number of aliphatic hydroxyl groups is 1. The third kappa shape index (κ3) is 3.25. The second-order valence-electron chi connectivity index (χ2n) is 6.21. The van der Waals surface area contributed by atoms with Gasteiger partial charge in [-0.2, -0.15) is 23.7 Å². The molecule has 0 aromatic heterocycles. The minimum atomic E-state index is -4.72. The summed E-state index contributed by atoms with van der Waals surface area (Å²) in [6.07, 6.45) is -5.25. The molecule has 2 aromatic carbocycles. The summed E-state index contributed by atoms with van der Waals surface area (Å²) >= 11 is 5.86. The zero-order valence-corrected chi connectivity index (χ0v) is 14.4. The Morgan fingerprint density at radius 3 is 2.37 bits per heavy atom. The molecule has 3 rings (SSSR count). The van der Waals surface area contributed by atoms with Gasteiger partial charge in [-0.1, -0.05) is 17.7 Å². The normalized spacial score (nSPS) is 19.1. The molecule has 138 valence electrons. The summed E-state index contributed by atoms with van der Waals surface area (Å²) in [5, 5.41) is 28.3. The second-order valence-corrected chi connectivity index (χ2v) is 6.59. The van der Waals surface area contributed by atoms with Gasteiger partial charge in [0.2, 0.25) is 0 Å². The molecule has 0 saturated heterocycles. The molecule has 0 spiro atoms. The van der Waals surface area contributed by atoms with Crippen molar-refractivity contribution in [1.82, 2.24) is 0 Å². The van der Waals surface area contributed by atoms with E-state index < -0.39 is 34.6 Å². The number of benzene rings is 2. The fourth-order valence-corrected chi connectivity index (χ4v) is 3.87. The van der Waals surface area contributed by atoms with Gasteiger partial charge in [0.25, 0.3) is 0 Å². The van der Waals surface area contributed by atoms with E-state index in [9.17, 15) is 33.2 Å². The van der Waals surface area contributed by atoms with Crippen LogP contribution in [0.2, 0.25) is 5.02 Å². The number of nitrogens with zero attached hydrogens (tertiary/aromatic N) is 2. The van der Waals surface area contributed by atoms with E-state index in [2.05, 4.69) is 0 Å². The minimum Gasteiger partial charge on any atom is -0.388 e. The van der Waals surface area contributed by atoms with Crippen LogP contribution in [0.15, 0.2) is 24.3 Å². The molecule has 1 N–H and O–H groups in total. The van der Waals surface area contributed by atoms with Gasteiger partial charge in [-0.05, 0) is 47.7 Å². The Labute approximate surface area is 157 Å². The first-order valence-electron chi connectivity index (χ1n) is 7.90. The van der Waals surface area contributed by atoms with Crippen molar-refractivity contribution >= 4 is 11.6 Å². The predicted octanol–water partition coefficient (Wildman–Crippen LogP) is 5.20. The van der Waals surface area contributed by atoms with Crippen molar-refractivity contribution in [3.63, 3.8) is 0 Å². The Morgan fingerprint density at radius 2 is 1.78 bits per heavy atom. The van der Waals surface area contributed by atoms with Gasteiger partial charge in [-0.3, -0.25) is 0 Å². The number of hydrogen-bond acceptors (Lipinski definition) is 3. The Kier molecular flexibility index (Phi) is 4.86. The van der Waals surface area contributed by atoms with Crippen molar-refractivity contribution in [3.05, 3.63) is 68.5 Å². The number of fused-ring (bicyclic) bond motifs is 1. The summed E-state index contributed by atoms with van der Waals surface area (Å²) in [6.45, 7) is 0. The Bertz CT molecular complexity index is 1000. The Morgan fingerprint density at radius 1 is 1.07 bits per heavy atom. The first-order chi connectivity index (χ1) is 12.7. The number of nitriles is 2. The van der Waals surface area contributed by atoms with E-state index in [1.807, 2.05) is 6.07 Å². The quantitative estimate of drug-likeness (QED) is 0.676. The summed E-state index contributed by atoms with van der Waals surface area (Å²) in [6, 6.07) is 7.62. The highest BCUT2D eigenvalue weighted by molar-refractivity contribution is 6.32. The van der Waals surface area contributed by atoms with Gasteiger partial charge in [0.1, 0.15) is 11.9 Å². The predicted molar refractivity (Wildman–Crippen MR) is 88.3 cm³/mol. The maximum Gasteiger partial charge on any atom is 0.417 e. The molecule has 2 atom stereocenters. The van der Waals surface area contributed by atoms with Crippen LogP contribution in [-0.2, 0) is 6.18 Å². The molecule has 0 unspecified atom stereocenters. The maximum atomic E-state index is 13.8. The molecule has 3 nitrogen and oxygen atoms in total. The monoisotopic (exact) mass is 394 g/mol. The van der Waals surface area contributed by atoms with Gasteiger partial charge >= 0.3 is 6.18 Å². The molecule has 2 aromatic rings. The molecular weight excluding hydrogens is 384 g/mol. The van der Waals surface area contributed by atoms with Crippen LogP contribution >= 0.6 is 11.6 Å². The van der Waals surface area contributed by atoms with E-state index in [1.165, 1.54) is 0 Å². The Balaban J connectivity index is 2.27. The number of alkyl halides is 3. The molecule has 0 aliphatic heterocycles. The zero-order valence-electron chi connectivity index (χ0n) is 13.6. The lowest BCUT2D eigenvalue weighted by molar-refractivity contribution is -0.137. The van der Waals surface area contributed by atoms with Gasteiger partial charge in [0.15, 0.2) is 0 Å². The smallest absolute Gasteiger partial charge is 0.388 e. The van der Waals surface area contributed by atoms with Crippen LogP contribution in [0, 0.1) is 28.5 Å². The van der Waals surface area contributed by atoms with Crippen LogP contribution in [0.3, 0.4) is 0 Å².